The van der Waals surface area contributed by atoms with Crippen LogP contribution < -0.4 is 10.6 Å². The molecule has 2 atom stereocenters. The molecule has 0 saturated carbocycles. The summed E-state index contributed by atoms with van der Waals surface area (Å²) < 4.78 is 0. The molecule has 2 aliphatic heterocycles. The second kappa shape index (κ2) is 7.93. The van der Waals surface area contributed by atoms with Gasteiger partial charge in [-0.2, -0.15) is 0 Å². The minimum Gasteiger partial charge on any atom is -0.352 e. The summed E-state index contributed by atoms with van der Waals surface area (Å²) in [5.74, 6) is 0.859. The number of piperidine rings is 2. The van der Waals surface area contributed by atoms with Crippen molar-refractivity contribution in [2.24, 2.45) is 5.92 Å². The van der Waals surface area contributed by atoms with Crippen molar-refractivity contribution >= 4 is 5.91 Å². The standard InChI is InChI=1S/C19H29N3O/c1-15-7-10-20-18(13-15)19(23)21-17-8-11-22(12-9-17)14-16-5-3-2-4-6-16/h2-6,15,17-18,20H,7-14H2,1H3,(H,21,23). The number of benzene rings is 1. The van der Waals surface area contributed by atoms with Gasteiger partial charge in [-0.1, -0.05) is 37.3 Å². The van der Waals surface area contributed by atoms with Crippen molar-refractivity contribution < 1.29 is 4.79 Å². The van der Waals surface area contributed by atoms with Gasteiger partial charge in [0.15, 0.2) is 0 Å². The van der Waals surface area contributed by atoms with Gasteiger partial charge in [-0.25, -0.2) is 0 Å². The van der Waals surface area contributed by atoms with E-state index in [0.717, 1.165) is 45.4 Å². The molecule has 0 bridgehead atoms. The van der Waals surface area contributed by atoms with E-state index in [1.165, 1.54) is 12.0 Å². The Kier molecular flexibility index (Phi) is 5.68. The van der Waals surface area contributed by atoms with Crippen LogP contribution in [0.4, 0.5) is 0 Å². The van der Waals surface area contributed by atoms with Gasteiger partial charge in [0, 0.05) is 25.7 Å². The minimum atomic E-state index is 0.0149. The molecule has 0 spiro atoms. The molecule has 4 nitrogen and oxygen atoms in total. The lowest BCUT2D eigenvalue weighted by Gasteiger charge is -2.34. The summed E-state index contributed by atoms with van der Waals surface area (Å²) in [6.45, 7) is 6.35. The van der Waals surface area contributed by atoms with Crippen molar-refractivity contribution in [1.29, 1.82) is 0 Å². The third-order valence-electron chi connectivity index (χ3n) is 5.17. The molecule has 2 N–H and O–H groups in total. The number of nitrogens with one attached hydrogen (secondary N) is 2. The zero-order valence-corrected chi connectivity index (χ0v) is 14.1. The van der Waals surface area contributed by atoms with E-state index in [2.05, 4.69) is 52.8 Å². The highest BCUT2D eigenvalue weighted by Crippen LogP contribution is 2.17. The van der Waals surface area contributed by atoms with Gasteiger partial charge in [0.05, 0.1) is 6.04 Å². The quantitative estimate of drug-likeness (QED) is 0.895. The summed E-state index contributed by atoms with van der Waals surface area (Å²) in [5.41, 5.74) is 1.37. The highest BCUT2D eigenvalue weighted by Gasteiger charge is 2.27. The molecule has 2 aliphatic rings. The second-order valence-corrected chi connectivity index (χ2v) is 7.18. The molecule has 0 aromatic heterocycles. The zero-order chi connectivity index (χ0) is 16.1. The van der Waals surface area contributed by atoms with Crippen LogP contribution in [0.1, 0.15) is 38.2 Å². The Morgan fingerprint density at radius 3 is 2.65 bits per heavy atom. The molecular weight excluding hydrogens is 286 g/mol. The van der Waals surface area contributed by atoms with Crippen molar-refractivity contribution in [3.05, 3.63) is 35.9 Å². The largest absolute Gasteiger partial charge is 0.352 e. The molecule has 2 unspecified atom stereocenters. The van der Waals surface area contributed by atoms with Gasteiger partial charge in [0.25, 0.3) is 0 Å². The molecule has 2 saturated heterocycles. The van der Waals surface area contributed by atoms with Crippen LogP contribution in [0.5, 0.6) is 0 Å². The zero-order valence-electron chi connectivity index (χ0n) is 14.1. The molecule has 2 heterocycles. The fourth-order valence-electron chi connectivity index (χ4n) is 3.69. The van der Waals surface area contributed by atoms with E-state index in [-0.39, 0.29) is 11.9 Å². The summed E-state index contributed by atoms with van der Waals surface area (Å²) in [6, 6.07) is 11.0. The Balaban J connectivity index is 1.41. The Bertz CT molecular complexity index is 497. The van der Waals surface area contributed by atoms with Crippen molar-refractivity contribution in [2.45, 2.75) is 51.2 Å². The van der Waals surface area contributed by atoms with Crippen LogP contribution in [0.25, 0.3) is 0 Å². The summed E-state index contributed by atoms with van der Waals surface area (Å²) in [4.78, 5) is 14.9. The number of carbonyl (C=O) groups is 1. The number of amides is 1. The number of hydrogen-bond acceptors (Lipinski definition) is 3. The maximum atomic E-state index is 12.4. The fraction of sp³-hybridized carbons (Fsp3) is 0.632. The minimum absolute atomic E-state index is 0.0149. The lowest BCUT2D eigenvalue weighted by atomic mass is 9.93. The number of carbonyl (C=O) groups excluding carboxylic acids is 1. The SMILES string of the molecule is CC1CCNC(C(=O)NC2CCN(Cc3ccccc3)CC2)C1. The first-order valence-electron chi connectivity index (χ1n) is 9.01. The average Bonchev–Trinajstić information content (AvgIpc) is 2.57. The van der Waals surface area contributed by atoms with E-state index in [0.29, 0.717) is 12.0 Å². The van der Waals surface area contributed by atoms with Gasteiger partial charge in [-0.3, -0.25) is 9.69 Å². The molecule has 126 valence electrons. The van der Waals surface area contributed by atoms with E-state index in [4.69, 9.17) is 0 Å². The predicted octanol–water partition coefficient (Wildman–Crippen LogP) is 2.16. The van der Waals surface area contributed by atoms with Crippen LogP contribution in [0.15, 0.2) is 30.3 Å². The van der Waals surface area contributed by atoms with Crippen LogP contribution >= 0.6 is 0 Å². The van der Waals surface area contributed by atoms with Crippen molar-refractivity contribution in [3.63, 3.8) is 0 Å². The third-order valence-corrected chi connectivity index (χ3v) is 5.17. The Morgan fingerprint density at radius 2 is 1.96 bits per heavy atom. The lowest BCUT2D eigenvalue weighted by molar-refractivity contribution is -0.125. The number of hydrogen-bond donors (Lipinski definition) is 2. The normalized spacial score (nSPS) is 26.8. The van der Waals surface area contributed by atoms with Gasteiger partial charge in [0.1, 0.15) is 0 Å². The van der Waals surface area contributed by atoms with Gasteiger partial charge in [0.2, 0.25) is 5.91 Å². The van der Waals surface area contributed by atoms with Gasteiger partial charge >= 0.3 is 0 Å². The maximum Gasteiger partial charge on any atom is 0.237 e. The number of rotatable bonds is 4. The summed E-state index contributed by atoms with van der Waals surface area (Å²) in [7, 11) is 0. The first kappa shape index (κ1) is 16.5. The molecule has 1 aromatic carbocycles. The number of nitrogens with zero attached hydrogens (tertiary/aromatic N) is 1. The Labute approximate surface area is 139 Å². The molecule has 23 heavy (non-hydrogen) atoms. The monoisotopic (exact) mass is 315 g/mol. The molecule has 3 rings (SSSR count). The van der Waals surface area contributed by atoms with Crippen LogP contribution in [0.2, 0.25) is 0 Å². The van der Waals surface area contributed by atoms with Gasteiger partial charge in [-0.15, -0.1) is 0 Å². The highest BCUT2D eigenvalue weighted by molar-refractivity contribution is 5.82. The lowest BCUT2D eigenvalue weighted by Crippen LogP contribution is -2.53. The van der Waals surface area contributed by atoms with E-state index < -0.39 is 0 Å². The molecule has 2 fully saturated rings. The summed E-state index contributed by atoms with van der Waals surface area (Å²) in [6.07, 6.45) is 4.27. The van der Waals surface area contributed by atoms with E-state index in [1.54, 1.807) is 0 Å². The van der Waals surface area contributed by atoms with E-state index in [9.17, 15) is 4.79 Å². The first-order chi connectivity index (χ1) is 11.2. The molecule has 0 aliphatic carbocycles. The molecule has 1 aromatic rings. The van der Waals surface area contributed by atoms with Gasteiger partial charge < -0.3 is 10.6 Å². The first-order valence-corrected chi connectivity index (χ1v) is 9.01. The van der Waals surface area contributed by atoms with E-state index in [1.807, 2.05) is 0 Å². The van der Waals surface area contributed by atoms with Crippen molar-refractivity contribution in [1.82, 2.24) is 15.5 Å². The maximum absolute atomic E-state index is 12.4. The number of likely N-dealkylation sites (tertiary alicyclic amines) is 1. The molecule has 1 amide bonds. The van der Waals surface area contributed by atoms with E-state index >= 15 is 0 Å². The molecule has 4 heteroatoms. The fourth-order valence-corrected chi connectivity index (χ4v) is 3.69. The van der Waals surface area contributed by atoms with Crippen LogP contribution in [0.3, 0.4) is 0 Å². The molecular formula is C19H29N3O. The van der Waals surface area contributed by atoms with Gasteiger partial charge in [-0.05, 0) is 43.7 Å². The third kappa shape index (κ3) is 4.79. The second-order valence-electron chi connectivity index (χ2n) is 7.18. The smallest absolute Gasteiger partial charge is 0.237 e. The summed E-state index contributed by atoms with van der Waals surface area (Å²) >= 11 is 0. The van der Waals surface area contributed by atoms with Crippen molar-refractivity contribution in [2.75, 3.05) is 19.6 Å². The van der Waals surface area contributed by atoms with Crippen LogP contribution in [-0.4, -0.2) is 42.5 Å². The van der Waals surface area contributed by atoms with Crippen LogP contribution in [-0.2, 0) is 11.3 Å². The van der Waals surface area contributed by atoms with Crippen LogP contribution in [0, 0.1) is 5.92 Å². The molecule has 0 radical (unpaired) electrons. The average molecular weight is 315 g/mol. The topological polar surface area (TPSA) is 44.4 Å². The van der Waals surface area contributed by atoms with Crippen molar-refractivity contribution in [3.8, 4) is 0 Å². The summed E-state index contributed by atoms with van der Waals surface area (Å²) in [5, 5.41) is 6.62. The Hall–Kier alpha value is -1.39. The highest BCUT2D eigenvalue weighted by atomic mass is 16.2. The predicted molar refractivity (Wildman–Crippen MR) is 93.1 cm³/mol. The Morgan fingerprint density at radius 1 is 1.22 bits per heavy atom.